The number of nitrogens with two attached hydrogens (primary N) is 1. The number of carbonyl (C=O) groups excluding carboxylic acids is 2. The Labute approximate surface area is 101 Å². The van der Waals surface area contributed by atoms with E-state index < -0.39 is 0 Å². The number of nitrogen functional groups attached to an aromatic ring is 1. The van der Waals surface area contributed by atoms with Crippen LogP contribution in [0.3, 0.4) is 0 Å². The molecule has 0 aliphatic carbocycles. The Morgan fingerprint density at radius 1 is 1.44 bits per heavy atom. The Morgan fingerprint density at radius 2 is 2.12 bits per heavy atom. The van der Waals surface area contributed by atoms with E-state index in [2.05, 4.69) is 4.98 Å². The minimum atomic E-state index is -0.0607. The van der Waals surface area contributed by atoms with E-state index in [1.807, 2.05) is 0 Å². The summed E-state index contributed by atoms with van der Waals surface area (Å²) < 4.78 is 1.01. The average molecular weight is 257 g/mol. The molecule has 1 aromatic heterocycles. The monoisotopic (exact) mass is 257 g/mol. The first-order valence-electron chi connectivity index (χ1n) is 4.84. The Morgan fingerprint density at radius 3 is 2.69 bits per heavy atom. The number of anilines is 1. The first kappa shape index (κ1) is 11.4. The van der Waals surface area contributed by atoms with Gasteiger partial charge < -0.3 is 5.73 Å². The van der Waals surface area contributed by atoms with E-state index in [4.69, 9.17) is 5.73 Å². The Hall–Kier alpha value is -1.08. The van der Waals surface area contributed by atoms with Crippen molar-refractivity contribution in [2.24, 2.45) is 0 Å². The zero-order valence-electron chi connectivity index (χ0n) is 8.51. The van der Waals surface area contributed by atoms with Gasteiger partial charge in [-0.05, 0) is 0 Å². The molecule has 1 aliphatic rings. The van der Waals surface area contributed by atoms with Gasteiger partial charge >= 0.3 is 0 Å². The second-order valence-electron chi connectivity index (χ2n) is 3.31. The van der Waals surface area contributed by atoms with Gasteiger partial charge in [-0.2, -0.15) is 0 Å². The van der Waals surface area contributed by atoms with Crippen molar-refractivity contribution in [3.8, 4) is 0 Å². The molecule has 2 amide bonds. The van der Waals surface area contributed by atoms with Crippen molar-refractivity contribution >= 4 is 40.0 Å². The van der Waals surface area contributed by atoms with Gasteiger partial charge in [0.15, 0.2) is 5.13 Å². The molecular weight excluding hydrogens is 246 g/mol. The van der Waals surface area contributed by atoms with Crippen molar-refractivity contribution < 1.29 is 9.59 Å². The standard InChI is InChI=1S/C9H11N3O2S2/c10-9-11-5-8(16-9)15-4-3-12-6(13)1-2-7(12)14/h5H,1-4H2,(H2,10,11). The summed E-state index contributed by atoms with van der Waals surface area (Å²) in [7, 11) is 0. The molecule has 1 aromatic rings. The maximum atomic E-state index is 11.3. The van der Waals surface area contributed by atoms with E-state index in [0.29, 0.717) is 30.3 Å². The van der Waals surface area contributed by atoms with Crippen molar-refractivity contribution in [2.45, 2.75) is 17.1 Å². The van der Waals surface area contributed by atoms with Gasteiger partial charge in [-0.1, -0.05) is 11.3 Å². The minimum Gasteiger partial charge on any atom is -0.375 e. The number of rotatable bonds is 4. The highest BCUT2D eigenvalue weighted by Crippen LogP contribution is 2.26. The molecule has 5 nitrogen and oxygen atoms in total. The second kappa shape index (κ2) is 4.84. The molecule has 16 heavy (non-hydrogen) atoms. The van der Waals surface area contributed by atoms with E-state index in [1.54, 1.807) is 18.0 Å². The first-order valence-corrected chi connectivity index (χ1v) is 6.64. The van der Waals surface area contributed by atoms with Crippen LogP contribution in [0.4, 0.5) is 5.13 Å². The quantitative estimate of drug-likeness (QED) is 0.642. The topological polar surface area (TPSA) is 76.3 Å². The van der Waals surface area contributed by atoms with Crippen molar-refractivity contribution in [1.29, 1.82) is 0 Å². The number of hydrogen-bond acceptors (Lipinski definition) is 6. The van der Waals surface area contributed by atoms with Gasteiger partial charge in [0.2, 0.25) is 11.8 Å². The van der Waals surface area contributed by atoms with Gasteiger partial charge in [-0.15, -0.1) is 11.8 Å². The van der Waals surface area contributed by atoms with Crippen LogP contribution in [0.5, 0.6) is 0 Å². The van der Waals surface area contributed by atoms with E-state index in [-0.39, 0.29) is 11.8 Å². The summed E-state index contributed by atoms with van der Waals surface area (Å²) >= 11 is 2.98. The van der Waals surface area contributed by atoms with Crippen LogP contribution in [0.1, 0.15) is 12.8 Å². The molecule has 2 heterocycles. The lowest BCUT2D eigenvalue weighted by Gasteiger charge is -2.12. The fourth-order valence-corrected chi connectivity index (χ4v) is 3.21. The van der Waals surface area contributed by atoms with Crippen LogP contribution in [-0.2, 0) is 9.59 Å². The molecule has 0 spiro atoms. The molecule has 0 aromatic carbocycles. The largest absolute Gasteiger partial charge is 0.375 e. The third-order valence-corrected chi connectivity index (χ3v) is 4.22. The zero-order valence-corrected chi connectivity index (χ0v) is 10.1. The summed E-state index contributed by atoms with van der Waals surface area (Å²) in [5, 5.41) is 0.538. The lowest BCUT2D eigenvalue weighted by atomic mass is 10.4. The van der Waals surface area contributed by atoms with Gasteiger partial charge in [-0.3, -0.25) is 14.5 Å². The highest BCUT2D eigenvalue weighted by molar-refractivity contribution is 8.01. The summed E-state index contributed by atoms with van der Waals surface area (Å²) in [6, 6.07) is 0. The minimum absolute atomic E-state index is 0.0607. The molecular formula is C9H11N3O2S2. The fourth-order valence-electron chi connectivity index (χ4n) is 1.45. The number of imide groups is 1. The molecule has 0 bridgehead atoms. The van der Waals surface area contributed by atoms with Crippen LogP contribution >= 0.6 is 23.1 Å². The Kier molecular flexibility index (Phi) is 3.45. The maximum Gasteiger partial charge on any atom is 0.229 e. The molecule has 1 aliphatic heterocycles. The van der Waals surface area contributed by atoms with Crippen LogP contribution in [0.2, 0.25) is 0 Å². The van der Waals surface area contributed by atoms with E-state index in [9.17, 15) is 9.59 Å². The molecule has 1 fully saturated rings. The zero-order chi connectivity index (χ0) is 11.5. The van der Waals surface area contributed by atoms with Gasteiger partial charge in [-0.25, -0.2) is 4.98 Å². The smallest absolute Gasteiger partial charge is 0.229 e. The fraction of sp³-hybridized carbons (Fsp3) is 0.444. The predicted octanol–water partition coefficient (Wildman–Crippen LogP) is 0.966. The SMILES string of the molecule is Nc1ncc(SCCN2C(=O)CCC2=O)s1. The van der Waals surface area contributed by atoms with Crippen molar-refractivity contribution in [3.63, 3.8) is 0 Å². The number of amides is 2. The van der Waals surface area contributed by atoms with Gasteiger partial charge in [0.1, 0.15) is 0 Å². The second-order valence-corrected chi connectivity index (χ2v) is 5.76. The highest BCUT2D eigenvalue weighted by atomic mass is 32.2. The number of likely N-dealkylation sites (tertiary alicyclic amines) is 1. The van der Waals surface area contributed by atoms with Crippen LogP contribution in [-0.4, -0.2) is 34.0 Å². The molecule has 7 heteroatoms. The summed E-state index contributed by atoms with van der Waals surface area (Å²) in [6.07, 6.45) is 2.42. The van der Waals surface area contributed by atoms with Gasteiger partial charge in [0, 0.05) is 25.1 Å². The summed E-state index contributed by atoms with van der Waals surface area (Å²) in [4.78, 5) is 27.9. The third-order valence-electron chi connectivity index (χ3n) is 2.22. The molecule has 0 atom stereocenters. The van der Waals surface area contributed by atoms with Crippen LogP contribution in [0, 0.1) is 0 Å². The number of hydrogen-bond donors (Lipinski definition) is 1. The molecule has 1 saturated heterocycles. The predicted molar refractivity (Wildman–Crippen MR) is 63.2 cm³/mol. The Bertz CT molecular complexity index is 403. The summed E-state index contributed by atoms with van der Waals surface area (Å²) in [5.41, 5.74) is 5.49. The molecule has 0 unspecified atom stereocenters. The number of nitrogens with zero attached hydrogens (tertiary/aromatic N) is 2. The molecule has 0 saturated carbocycles. The molecule has 86 valence electrons. The van der Waals surface area contributed by atoms with E-state index in [1.165, 1.54) is 16.2 Å². The number of aromatic nitrogens is 1. The summed E-state index contributed by atoms with van der Waals surface area (Å²) in [6.45, 7) is 0.472. The maximum absolute atomic E-state index is 11.3. The average Bonchev–Trinajstić information content (AvgIpc) is 2.78. The number of carbonyl (C=O) groups is 2. The molecule has 2 rings (SSSR count). The van der Waals surface area contributed by atoms with Gasteiger partial charge in [0.05, 0.1) is 10.4 Å². The van der Waals surface area contributed by atoms with E-state index >= 15 is 0 Å². The van der Waals surface area contributed by atoms with Gasteiger partial charge in [0.25, 0.3) is 0 Å². The van der Waals surface area contributed by atoms with Crippen LogP contribution in [0.15, 0.2) is 10.4 Å². The first-order chi connectivity index (χ1) is 7.66. The van der Waals surface area contributed by atoms with Crippen molar-refractivity contribution in [3.05, 3.63) is 6.20 Å². The number of thioether (sulfide) groups is 1. The Balaban J connectivity index is 1.80. The highest BCUT2D eigenvalue weighted by Gasteiger charge is 2.28. The summed E-state index contributed by atoms with van der Waals surface area (Å²) in [5.74, 6) is 0.572. The molecule has 2 N–H and O–H groups in total. The lowest BCUT2D eigenvalue weighted by molar-refractivity contribution is -0.137. The molecule has 0 radical (unpaired) electrons. The third kappa shape index (κ3) is 2.53. The van der Waals surface area contributed by atoms with Crippen molar-refractivity contribution in [2.75, 3.05) is 18.0 Å². The normalized spacial score (nSPS) is 16.1. The number of thiazole rings is 1. The van der Waals surface area contributed by atoms with Crippen LogP contribution in [0.25, 0.3) is 0 Å². The van der Waals surface area contributed by atoms with Crippen LogP contribution < -0.4 is 5.73 Å². The van der Waals surface area contributed by atoms with E-state index in [0.717, 1.165) is 4.21 Å². The lowest BCUT2D eigenvalue weighted by Crippen LogP contribution is -2.31. The van der Waals surface area contributed by atoms with Crippen molar-refractivity contribution in [1.82, 2.24) is 9.88 Å².